The lowest BCUT2D eigenvalue weighted by atomic mass is 10.2. The highest BCUT2D eigenvalue weighted by molar-refractivity contribution is 5.89. The number of unbranched alkanes of at least 4 members (excludes halogenated alkanes) is 1. The largest absolute Gasteiger partial charge is 0.345 e. The molecule has 3 aromatic rings. The average Bonchev–Trinajstić information content (AvgIpc) is 3.13. The van der Waals surface area contributed by atoms with E-state index in [-0.39, 0.29) is 11.8 Å². The molecule has 4 nitrogen and oxygen atoms in total. The Morgan fingerprint density at radius 2 is 1.90 bits per heavy atom. The topological polar surface area (TPSA) is 37.3 Å². The van der Waals surface area contributed by atoms with Crippen molar-refractivity contribution in [3.05, 3.63) is 89.5 Å². The number of aromatic nitrogens is 1. The molecule has 2 aromatic carbocycles. The van der Waals surface area contributed by atoms with Crippen molar-refractivity contribution >= 4 is 11.7 Å². The van der Waals surface area contributed by atoms with E-state index < -0.39 is 0 Å². The van der Waals surface area contributed by atoms with Crippen LogP contribution in [0.1, 0.15) is 36.6 Å². The molecule has 0 fully saturated rings. The van der Waals surface area contributed by atoms with Crippen LogP contribution < -0.4 is 5.32 Å². The van der Waals surface area contributed by atoms with Gasteiger partial charge in [-0.25, -0.2) is 9.18 Å². The van der Waals surface area contributed by atoms with Crippen LogP contribution in [0.2, 0.25) is 0 Å². The van der Waals surface area contributed by atoms with Gasteiger partial charge in [0.2, 0.25) is 0 Å². The Bertz CT molecular complexity index is 933. The van der Waals surface area contributed by atoms with Gasteiger partial charge in [-0.3, -0.25) is 0 Å². The second-order valence-corrected chi connectivity index (χ2v) is 7.33. The third-order valence-corrected chi connectivity index (χ3v) is 4.89. The number of anilines is 1. The van der Waals surface area contributed by atoms with Gasteiger partial charge in [-0.15, -0.1) is 0 Å². The van der Waals surface area contributed by atoms with Gasteiger partial charge in [-0.2, -0.15) is 0 Å². The molecule has 0 aliphatic heterocycles. The van der Waals surface area contributed by atoms with Crippen molar-refractivity contribution in [2.75, 3.05) is 11.9 Å². The lowest BCUT2D eigenvalue weighted by molar-refractivity contribution is 0.207. The molecule has 5 heteroatoms. The van der Waals surface area contributed by atoms with Crippen LogP contribution in [-0.2, 0) is 13.1 Å². The Morgan fingerprint density at radius 3 is 2.62 bits per heavy atom. The fourth-order valence-electron chi connectivity index (χ4n) is 3.22. The van der Waals surface area contributed by atoms with E-state index in [0.29, 0.717) is 19.6 Å². The van der Waals surface area contributed by atoms with Crippen molar-refractivity contribution in [3.63, 3.8) is 0 Å². The average molecular weight is 394 g/mol. The molecular weight excluding hydrogens is 365 g/mol. The van der Waals surface area contributed by atoms with Gasteiger partial charge < -0.3 is 14.8 Å². The molecule has 0 aliphatic carbocycles. The van der Waals surface area contributed by atoms with Crippen molar-refractivity contribution in [3.8, 4) is 0 Å². The van der Waals surface area contributed by atoms with Gasteiger partial charge in [0.15, 0.2) is 0 Å². The maximum atomic E-state index is 13.5. The number of nitrogens with one attached hydrogen (secondary N) is 1. The number of amides is 2. The molecule has 0 spiro atoms. The highest BCUT2D eigenvalue weighted by Gasteiger charge is 2.16. The second kappa shape index (κ2) is 9.92. The Kier molecular flexibility index (Phi) is 7.06. The van der Waals surface area contributed by atoms with Gasteiger partial charge in [-0.05, 0) is 55.3 Å². The molecule has 0 saturated heterocycles. The Morgan fingerprint density at radius 1 is 1.10 bits per heavy atom. The lowest BCUT2D eigenvalue weighted by Crippen LogP contribution is -2.36. The van der Waals surface area contributed by atoms with Crippen LogP contribution >= 0.6 is 0 Å². The Hall–Kier alpha value is -3.08. The summed E-state index contributed by atoms with van der Waals surface area (Å²) in [6.45, 7) is 5.88. The molecule has 1 aromatic heterocycles. The van der Waals surface area contributed by atoms with Crippen LogP contribution in [0, 0.1) is 12.7 Å². The molecule has 1 N–H and O–H groups in total. The fourth-order valence-corrected chi connectivity index (χ4v) is 3.22. The number of carbonyl (C=O) groups excluding carboxylic acids is 1. The molecular formula is C24H28FN3O. The number of urea groups is 1. The van der Waals surface area contributed by atoms with E-state index in [2.05, 4.69) is 16.8 Å². The number of hydrogen-bond donors (Lipinski definition) is 1. The van der Waals surface area contributed by atoms with E-state index >= 15 is 0 Å². The number of benzene rings is 2. The molecule has 0 atom stereocenters. The number of nitrogens with zero attached hydrogens (tertiary/aromatic N) is 2. The second-order valence-electron chi connectivity index (χ2n) is 7.33. The third kappa shape index (κ3) is 5.95. The van der Waals surface area contributed by atoms with Gasteiger partial charge in [0.25, 0.3) is 0 Å². The summed E-state index contributed by atoms with van der Waals surface area (Å²) in [4.78, 5) is 14.7. The van der Waals surface area contributed by atoms with E-state index in [1.807, 2.05) is 60.5 Å². The predicted molar refractivity (Wildman–Crippen MR) is 115 cm³/mol. The minimum Gasteiger partial charge on any atom is -0.345 e. The first kappa shape index (κ1) is 20.6. The zero-order valence-electron chi connectivity index (χ0n) is 17.1. The zero-order valence-corrected chi connectivity index (χ0v) is 17.1. The maximum Gasteiger partial charge on any atom is 0.322 e. The molecule has 0 unspecified atom stereocenters. The van der Waals surface area contributed by atoms with Crippen LogP contribution in [0.4, 0.5) is 14.9 Å². The molecule has 0 radical (unpaired) electrons. The fraction of sp³-hybridized carbons (Fsp3) is 0.292. The van der Waals surface area contributed by atoms with Gasteiger partial charge in [0, 0.05) is 30.7 Å². The lowest BCUT2D eigenvalue weighted by Gasteiger charge is -2.24. The Labute approximate surface area is 172 Å². The molecule has 3 rings (SSSR count). The summed E-state index contributed by atoms with van der Waals surface area (Å²) in [5.41, 5.74) is 3.86. The summed E-state index contributed by atoms with van der Waals surface area (Å²) < 4.78 is 15.6. The molecule has 152 valence electrons. The normalized spacial score (nSPS) is 10.7. The standard InChI is InChI=1S/C24H28FN3O/c1-3-4-14-28(24(29)26-22-12-10-19(2)11-13-22)18-23-9-6-15-27(23)17-20-7-5-8-21(25)16-20/h5-13,15-16H,3-4,14,17-18H2,1-2H3,(H,26,29). The maximum absolute atomic E-state index is 13.5. The molecule has 0 bridgehead atoms. The van der Waals surface area contributed by atoms with Gasteiger partial charge in [-0.1, -0.05) is 43.2 Å². The number of halogens is 1. The molecule has 29 heavy (non-hydrogen) atoms. The van der Waals surface area contributed by atoms with Crippen molar-refractivity contribution in [2.45, 2.75) is 39.8 Å². The van der Waals surface area contributed by atoms with Crippen molar-refractivity contribution in [1.29, 1.82) is 0 Å². The SMILES string of the molecule is CCCCN(Cc1cccn1Cc1cccc(F)c1)C(=O)Nc1ccc(C)cc1. The first-order chi connectivity index (χ1) is 14.0. The van der Waals surface area contributed by atoms with Crippen molar-refractivity contribution in [1.82, 2.24) is 9.47 Å². The highest BCUT2D eigenvalue weighted by Crippen LogP contribution is 2.15. The highest BCUT2D eigenvalue weighted by atomic mass is 19.1. The monoisotopic (exact) mass is 393 g/mol. The summed E-state index contributed by atoms with van der Waals surface area (Å²) in [6, 6.07) is 18.3. The van der Waals surface area contributed by atoms with Crippen molar-refractivity contribution < 1.29 is 9.18 Å². The molecule has 0 aliphatic rings. The van der Waals surface area contributed by atoms with Gasteiger partial charge in [0.05, 0.1) is 6.54 Å². The van der Waals surface area contributed by atoms with Crippen molar-refractivity contribution in [2.24, 2.45) is 0 Å². The minimum atomic E-state index is -0.238. The van der Waals surface area contributed by atoms with E-state index in [1.54, 1.807) is 12.1 Å². The third-order valence-electron chi connectivity index (χ3n) is 4.89. The quantitative estimate of drug-likeness (QED) is 0.514. The number of aryl methyl sites for hydroxylation is 1. The summed E-state index contributed by atoms with van der Waals surface area (Å²) in [7, 11) is 0. The molecule has 0 saturated carbocycles. The van der Waals surface area contributed by atoms with E-state index in [9.17, 15) is 9.18 Å². The molecule has 1 heterocycles. The minimum absolute atomic E-state index is 0.110. The predicted octanol–water partition coefficient (Wildman–Crippen LogP) is 5.82. The van der Waals surface area contributed by atoms with Crippen LogP contribution in [-0.4, -0.2) is 22.0 Å². The number of hydrogen-bond acceptors (Lipinski definition) is 1. The van der Waals surface area contributed by atoms with E-state index in [0.717, 1.165) is 35.3 Å². The van der Waals surface area contributed by atoms with Crippen LogP contribution in [0.25, 0.3) is 0 Å². The summed E-state index contributed by atoms with van der Waals surface area (Å²) >= 11 is 0. The molecule has 2 amide bonds. The van der Waals surface area contributed by atoms with E-state index in [4.69, 9.17) is 0 Å². The van der Waals surface area contributed by atoms with Crippen LogP contribution in [0.3, 0.4) is 0 Å². The van der Waals surface area contributed by atoms with Gasteiger partial charge in [0.1, 0.15) is 5.82 Å². The smallest absolute Gasteiger partial charge is 0.322 e. The summed E-state index contributed by atoms with van der Waals surface area (Å²) in [5.74, 6) is -0.238. The van der Waals surface area contributed by atoms with E-state index in [1.165, 1.54) is 6.07 Å². The van der Waals surface area contributed by atoms with Crippen LogP contribution in [0.5, 0.6) is 0 Å². The number of rotatable bonds is 8. The first-order valence-electron chi connectivity index (χ1n) is 10.1. The van der Waals surface area contributed by atoms with Gasteiger partial charge >= 0.3 is 6.03 Å². The zero-order chi connectivity index (χ0) is 20.6. The Balaban J connectivity index is 1.72. The summed E-state index contributed by atoms with van der Waals surface area (Å²) in [6.07, 6.45) is 3.92. The first-order valence-corrected chi connectivity index (χ1v) is 10.1. The van der Waals surface area contributed by atoms with Crippen LogP contribution in [0.15, 0.2) is 66.9 Å². The number of carbonyl (C=O) groups is 1. The summed E-state index contributed by atoms with van der Waals surface area (Å²) in [5, 5.41) is 3.00.